The molecule has 164 valence electrons. The number of nitrogens with one attached hydrogen (secondary N) is 2. The van der Waals surface area contributed by atoms with Crippen molar-refractivity contribution in [3.63, 3.8) is 0 Å². The Morgan fingerprint density at radius 1 is 1.36 bits per heavy atom. The number of aromatic nitrogens is 2. The number of nitrogens with zero attached hydrogens (tertiary/aromatic N) is 2. The highest BCUT2D eigenvalue weighted by Crippen LogP contribution is 2.46. The molecule has 0 saturated heterocycles. The third-order valence-corrected chi connectivity index (χ3v) is 7.54. The fourth-order valence-electron chi connectivity index (χ4n) is 4.83. The molecular weight excluding hydrogens is 441 g/mol. The van der Waals surface area contributed by atoms with Gasteiger partial charge in [0.05, 0.1) is 41.0 Å². The molecule has 0 spiro atoms. The summed E-state index contributed by atoms with van der Waals surface area (Å²) in [4.78, 5) is 23.5. The summed E-state index contributed by atoms with van der Waals surface area (Å²) in [5, 5.41) is 10.6. The molecule has 0 bridgehead atoms. The third kappa shape index (κ3) is 2.95. The van der Waals surface area contributed by atoms with Crippen LogP contribution in [0.2, 0.25) is 0 Å². The first kappa shape index (κ1) is 19.9. The largest absolute Gasteiger partial charge is 0.438 e. The molecule has 0 fully saturated rings. The molecule has 2 atom stereocenters. The predicted octanol–water partition coefficient (Wildman–Crippen LogP) is 2.07. The summed E-state index contributed by atoms with van der Waals surface area (Å²) in [6.07, 6.45) is 0.907. The van der Waals surface area contributed by atoms with Crippen molar-refractivity contribution in [1.82, 2.24) is 9.97 Å². The van der Waals surface area contributed by atoms with Crippen LogP contribution in [0, 0.1) is 17.1 Å². The zero-order chi connectivity index (χ0) is 22.9. The minimum absolute atomic E-state index is 0.0545. The maximum Gasteiger partial charge on any atom is 0.256 e. The predicted molar refractivity (Wildman–Crippen MR) is 123 cm³/mol. The summed E-state index contributed by atoms with van der Waals surface area (Å²) in [6, 6.07) is 9.90. The molecule has 1 aromatic carbocycles. The normalized spacial score (nSPS) is 19.8. The van der Waals surface area contributed by atoms with Crippen molar-refractivity contribution < 1.29 is 14.0 Å². The van der Waals surface area contributed by atoms with Gasteiger partial charge in [0.2, 0.25) is 5.88 Å². The highest BCUT2D eigenvalue weighted by atomic mass is 32.1. The number of thiophene rings is 1. The van der Waals surface area contributed by atoms with Gasteiger partial charge in [-0.25, -0.2) is 9.37 Å². The fraction of sp³-hybridized carbons (Fsp3) is 0.208. The van der Waals surface area contributed by atoms with Gasteiger partial charge in [-0.15, -0.1) is 11.3 Å². The van der Waals surface area contributed by atoms with Crippen molar-refractivity contribution >= 4 is 31.8 Å². The molecule has 1 unspecified atom stereocenters. The molecule has 9 heteroatoms. The van der Waals surface area contributed by atoms with E-state index in [1.54, 1.807) is 12.1 Å². The highest BCUT2D eigenvalue weighted by Gasteiger charge is 2.35. The topological polar surface area (TPSA) is 109 Å². The molecule has 3 aromatic heterocycles. The Kier molecular flexibility index (Phi) is 4.30. The number of hydrogen-bond donors (Lipinski definition) is 3. The first-order valence-corrected chi connectivity index (χ1v) is 11.4. The number of benzene rings is 1. The van der Waals surface area contributed by atoms with Crippen LogP contribution in [-0.2, 0) is 13.0 Å². The minimum atomic E-state index is -0.754. The minimum Gasteiger partial charge on any atom is -0.438 e. The van der Waals surface area contributed by atoms with Crippen LogP contribution in [0.5, 0.6) is 5.75 Å². The maximum atomic E-state index is 13.6. The standard InChI is InChI=1S/C24H18FN5O2S/c1-30-7-6-16-12(10-30)8-14-19-21(33-24(14)28-16)20-18(23(31)29-19)17(15(9-26)22(27)32-20)11-2-4-13(25)5-3-11/h2-5,8,17H,6-7,10,27H2,1H3,(H,29,31)/p+1/t17-/m0/s1. The molecule has 2 aliphatic rings. The number of H-pyrrole nitrogens is 1. The lowest BCUT2D eigenvalue weighted by Gasteiger charge is -2.25. The van der Waals surface area contributed by atoms with Crippen molar-refractivity contribution in [2.24, 2.45) is 5.73 Å². The molecule has 33 heavy (non-hydrogen) atoms. The van der Waals surface area contributed by atoms with Gasteiger partial charge >= 0.3 is 0 Å². The number of halogens is 1. The van der Waals surface area contributed by atoms with E-state index in [9.17, 15) is 14.4 Å². The van der Waals surface area contributed by atoms with Gasteiger partial charge in [0.1, 0.15) is 28.8 Å². The second-order valence-corrected chi connectivity index (χ2v) is 9.56. The van der Waals surface area contributed by atoms with E-state index in [-0.39, 0.29) is 17.0 Å². The van der Waals surface area contributed by atoms with Crippen molar-refractivity contribution in [1.29, 1.82) is 5.26 Å². The van der Waals surface area contributed by atoms with Gasteiger partial charge < -0.3 is 20.4 Å². The van der Waals surface area contributed by atoms with Crippen molar-refractivity contribution in [3.05, 3.63) is 80.3 Å². The molecule has 2 aliphatic heterocycles. The van der Waals surface area contributed by atoms with E-state index in [0.29, 0.717) is 22.4 Å². The third-order valence-electron chi connectivity index (χ3n) is 6.44. The first-order valence-electron chi connectivity index (χ1n) is 10.6. The molecule has 5 heterocycles. The lowest BCUT2D eigenvalue weighted by molar-refractivity contribution is -0.895. The Balaban J connectivity index is 1.64. The SMILES string of the molecule is C[NH+]1CCc2nc3sc4c5c(c(=O)[nH]c4c3cc2C1)[C@@H](c1ccc(F)cc1)C(C#N)=C(N)O5. The monoisotopic (exact) mass is 460 g/mol. The first-order chi connectivity index (χ1) is 15.9. The molecule has 0 saturated carbocycles. The average Bonchev–Trinajstić information content (AvgIpc) is 3.15. The summed E-state index contributed by atoms with van der Waals surface area (Å²) >= 11 is 1.44. The van der Waals surface area contributed by atoms with Crippen LogP contribution in [0.25, 0.3) is 20.4 Å². The number of nitriles is 1. The van der Waals surface area contributed by atoms with Crippen LogP contribution in [0.1, 0.15) is 28.3 Å². The second kappa shape index (κ2) is 7.13. The van der Waals surface area contributed by atoms with Gasteiger partial charge in [-0.1, -0.05) is 12.1 Å². The van der Waals surface area contributed by atoms with Gasteiger partial charge in [0.25, 0.3) is 5.56 Å². The molecule has 6 rings (SSSR count). The second-order valence-electron chi connectivity index (χ2n) is 8.56. The van der Waals surface area contributed by atoms with Crippen molar-refractivity contribution in [3.8, 4) is 11.8 Å². The van der Waals surface area contributed by atoms with E-state index in [2.05, 4.69) is 24.2 Å². The molecule has 0 amide bonds. The Morgan fingerprint density at radius 2 is 2.15 bits per heavy atom. The van der Waals surface area contributed by atoms with Gasteiger partial charge in [0, 0.05) is 17.4 Å². The summed E-state index contributed by atoms with van der Waals surface area (Å²) in [7, 11) is 2.16. The van der Waals surface area contributed by atoms with E-state index < -0.39 is 11.7 Å². The van der Waals surface area contributed by atoms with Crippen LogP contribution in [0.15, 0.2) is 46.6 Å². The Bertz CT molecular complexity index is 1600. The highest BCUT2D eigenvalue weighted by molar-refractivity contribution is 7.25. The number of pyridine rings is 2. The number of aromatic amines is 1. The van der Waals surface area contributed by atoms with Crippen LogP contribution >= 0.6 is 11.3 Å². The van der Waals surface area contributed by atoms with E-state index in [4.69, 9.17) is 15.5 Å². The quantitative estimate of drug-likeness (QED) is 0.403. The van der Waals surface area contributed by atoms with E-state index in [1.165, 1.54) is 33.9 Å². The van der Waals surface area contributed by atoms with Crippen LogP contribution in [0.3, 0.4) is 0 Å². The van der Waals surface area contributed by atoms with E-state index in [0.717, 1.165) is 40.1 Å². The molecule has 0 aliphatic carbocycles. The summed E-state index contributed by atoms with van der Waals surface area (Å²) in [5.41, 5.74) is 9.71. The molecule has 4 aromatic rings. The number of ether oxygens (including phenoxy) is 1. The van der Waals surface area contributed by atoms with Crippen molar-refractivity contribution in [2.75, 3.05) is 13.6 Å². The lowest BCUT2D eigenvalue weighted by atomic mass is 9.84. The number of allylic oxidation sites excluding steroid dienone is 1. The van der Waals surface area contributed by atoms with Gasteiger partial charge in [-0.3, -0.25) is 4.79 Å². The number of hydrogen-bond acceptors (Lipinski definition) is 6. The van der Waals surface area contributed by atoms with Crippen LogP contribution in [-0.4, -0.2) is 23.6 Å². The van der Waals surface area contributed by atoms with Crippen molar-refractivity contribution in [2.45, 2.75) is 18.9 Å². The Morgan fingerprint density at radius 3 is 2.91 bits per heavy atom. The van der Waals surface area contributed by atoms with E-state index in [1.807, 2.05) is 0 Å². The smallest absolute Gasteiger partial charge is 0.256 e. The molecular formula is C24H19FN5O2S+. The zero-order valence-corrected chi connectivity index (χ0v) is 18.5. The van der Waals surface area contributed by atoms with Crippen LogP contribution < -0.4 is 20.9 Å². The number of nitrogens with two attached hydrogens (primary N) is 1. The number of likely N-dealkylation sites (N-methyl/N-ethyl adjacent to an activating group) is 1. The van der Waals surface area contributed by atoms with Gasteiger partial charge in [-0.05, 0) is 23.8 Å². The van der Waals surface area contributed by atoms with E-state index >= 15 is 0 Å². The lowest BCUT2D eigenvalue weighted by Crippen LogP contribution is -3.08. The van der Waals surface area contributed by atoms with Gasteiger partial charge in [0.15, 0.2) is 5.75 Å². The number of fused-ring (bicyclic) bond motifs is 6. The van der Waals surface area contributed by atoms with Crippen LogP contribution in [0.4, 0.5) is 4.39 Å². The average molecular weight is 461 g/mol. The number of quaternary nitrogens is 1. The van der Waals surface area contributed by atoms with Gasteiger partial charge in [-0.2, -0.15) is 5.26 Å². The Hall–Kier alpha value is -3.74. The maximum absolute atomic E-state index is 13.6. The Labute approximate surface area is 191 Å². The molecule has 4 N–H and O–H groups in total. The molecule has 7 nitrogen and oxygen atoms in total. The summed E-state index contributed by atoms with van der Waals surface area (Å²) in [5.74, 6) is -0.876. The molecule has 0 radical (unpaired) electrons. The summed E-state index contributed by atoms with van der Waals surface area (Å²) in [6.45, 7) is 1.92. The number of rotatable bonds is 1. The fourth-order valence-corrected chi connectivity index (χ4v) is 5.96. The zero-order valence-electron chi connectivity index (χ0n) is 17.7. The summed E-state index contributed by atoms with van der Waals surface area (Å²) < 4.78 is 20.2.